The van der Waals surface area contributed by atoms with E-state index in [0.29, 0.717) is 43.3 Å². The standard InChI is InChI=1S/C21H18BrCl3N2O2S/c1-3-26-21-27(4-2)20(28)18(30-21)9-12-7-15(22)19(17(25)8-12)29-11-13-5-6-14(23)10-16(13)24/h5-10H,3-4,11H2,1-2H3/b18-9+,26-21?. The number of likely N-dealkylation sites (N-methyl/N-ethyl adjacent to an activating group) is 1. The van der Waals surface area contributed by atoms with Crippen LogP contribution < -0.4 is 4.74 Å². The van der Waals surface area contributed by atoms with Gasteiger partial charge in [0.15, 0.2) is 10.9 Å². The number of ether oxygens (including phenoxy) is 1. The number of aliphatic imine (C=N–C) groups is 1. The molecule has 9 heteroatoms. The summed E-state index contributed by atoms with van der Waals surface area (Å²) in [6.45, 7) is 5.32. The van der Waals surface area contributed by atoms with E-state index in [1.807, 2.05) is 32.1 Å². The fourth-order valence-corrected chi connectivity index (χ4v) is 5.34. The van der Waals surface area contributed by atoms with Crippen molar-refractivity contribution >= 4 is 79.6 Å². The second kappa shape index (κ2) is 10.4. The van der Waals surface area contributed by atoms with E-state index >= 15 is 0 Å². The van der Waals surface area contributed by atoms with Gasteiger partial charge in [0.05, 0.1) is 14.4 Å². The van der Waals surface area contributed by atoms with Gasteiger partial charge in [0, 0.05) is 28.7 Å². The first kappa shape index (κ1) is 23.5. The quantitative estimate of drug-likeness (QED) is 0.356. The predicted octanol–water partition coefficient (Wildman–Crippen LogP) is 7.30. The van der Waals surface area contributed by atoms with Gasteiger partial charge >= 0.3 is 0 Å². The highest BCUT2D eigenvalue weighted by Gasteiger charge is 2.31. The molecule has 0 spiro atoms. The van der Waals surface area contributed by atoms with Crippen LogP contribution in [0.25, 0.3) is 6.08 Å². The summed E-state index contributed by atoms with van der Waals surface area (Å²) in [4.78, 5) is 19.3. The Kier molecular flexibility index (Phi) is 8.16. The lowest BCUT2D eigenvalue weighted by atomic mass is 10.2. The number of carbonyl (C=O) groups excluding carboxylic acids is 1. The number of nitrogens with zero attached hydrogens (tertiary/aromatic N) is 2. The number of amidine groups is 1. The van der Waals surface area contributed by atoms with Gasteiger partial charge in [0.2, 0.25) is 0 Å². The van der Waals surface area contributed by atoms with Gasteiger partial charge in [-0.2, -0.15) is 0 Å². The molecule has 2 aromatic rings. The topological polar surface area (TPSA) is 41.9 Å². The highest BCUT2D eigenvalue weighted by molar-refractivity contribution is 9.10. The van der Waals surface area contributed by atoms with E-state index in [0.717, 1.165) is 16.3 Å². The van der Waals surface area contributed by atoms with Gasteiger partial charge in [0.25, 0.3) is 5.91 Å². The molecule has 0 aromatic heterocycles. The average molecular weight is 549 g/mol. The Balaban J connectivity index is 1.81. The molecule has 0 aliphatic carbocycles. The first-order valence-electron chi connectivity index (χ1n) is 9.15. The van der Waals surface area contributed by atoms with E-state index in [9.17, 15) is 4.79 Å². The summed E-state index contributed by atoms with van der Waals surface area (Å²) in [6.07, 6.45) is 1.81. The van der Waals surface area contributed by atoms with Crippen LogP contribution >= 0.6 is 62.5 Å². The molecule has 2 aromatic carbocycles. The van der Waals surface area contributed by atoms with E-state index < -0.39 is 0 Å². The van der Waals surface area contributed by atoms with Gasteiger partial charge in [-0.05, 0) is 77.4 Å². The fraction of sp³-hybridized carbons (Fsp3) is 0.238. The number of hydrogen-bond acceptors (Lipinski definition) is 4. The lowest BCUT2D eigenvalue weighted by Crippen LogP contribution is -2.28. The number of halogens is 4. The highest BCUT2D eigenvalue weighted by atomic mass is 79.9. The zero-order valence-electron chi connectivity index (χ0n) is 16.2. The second-order valence-electron chi connectivity index (χ2n) is 6.26. The molecule has 1 heterocycles. The van der Waals surface area contributed by atoms with Crippen LogP contribution in [0, 0.1) is 0 Å². The minimum absolute atomic E-state index is 0.0559. The summed E-state index contributed by atoms with van der Waals surface area (Å²) < 4.78 is 6.56. The van der Waals surface area contributed by atoms with Crippen molar-refractivity contribution in [2.45, 2.75) is 20.5 Å². The van der Waals surface area contributed by atoms with Crippen LogP contribution in [0.15, 0.2) is 44.7 Å². The van der Waals surface area contributed by atoms with E-state index in [4.69, 9.17) is 39.5 Å². The summed E-state index contributed by atoms with van der Waals surface area (Å²) in [5, 5.41) is 2.24. The van der Waals surface area contributed by atoms with Gasteiger partial charge in [0.1, 0.15) is 6.61 Å². The first-order chi connectivity index (χ1) is 14.3. The Morgan fingerprint density at radius 3 is 2.57 bits per heavy atom. The van der Waals surface area contributed by atoms with Crippen molar-refractivity contribution in [1.29, 1.82) is 0 Å². The molecule has 4 nitrogen and oxygen atoms in total. The molecule has 0 bridgehead atoms. The lowest BCUT2D eigenvalue weighted by Gasteiger charge is -2.12. The minimum atomic E-state index is -0.0559. The summed E-state index contributed by atoms with van der Waals surface area (Å²) >= 11 is 23.5. The zero-order chi connectivity index (χ0) is 21.8. The van der Waals surface area contributed by atoms with Crippen molar-refractivity contribution in [3.8, 4) is 5.75 Å². The summed E-state index contributed by atoms with van der Waals surface area (Å²) in [7, 11) is 0. The zero-order valence-corrected chi connectivity index (χ0v) is 20.9. The Morgan fingerprint density at radius 1 is 1.17 bits per heavy atom. The fourth-order valence-electron chi connectivity index (χ4n) is 2.78. The van der Waals surface area contributed by atoms with Gasteiger partial charge in [-0.1, -0.05) is 40.9 Å². The van der Waals surface area contributed by atoms with Crippen LogP contribution in [0.5, 0.6) is 5.75 Å². The highest BCUT2D eigenvalue weighted by Crippen LogP contribution is 2.38. The summed E-state index contributed by atoms with van der Waals surface area (Å²) in [5.41, 5.74) is 1.58. The first-order valence-corrected chi connectivity index (χ1v) is 11.9. The van der Waals surface area contributed by atoms with Crippen molar-refractivity contribution in [2.24, 2.45) is 4.99 Å². The number of benzene rings is 2. The van der Waals surface area contributed by atoms with E-state index in [2.05, 4.69) is 20.9 Å². The van der Waals surface area contributed by atoms with Crippen LogP contribution in [-0.4, -0.2) is 29.1 Å². The largest absolute Gasteiger partial charge is 0.486 e. The number of carbonyl (C=O) groups is 1. The van der Waals surface area contributed by atoms with Gasteiger partial charge in [-0.3, -0.25) is 14.7 Å². The van der Waals surface area contributed by atoms with Gasteiger partial charge in [-0.25, -0.2) is 0 Å². The third kappa shape index (κ3) is 5.35. The van der Waals surface area contributed by atoms with Crippen molar-refractivity contribution in [3.63, 3.8) is 0 Å². The molecular formula is C21H18BrCl3N2O2S. The van der Waals surface area contributed by atoms with Crippen molar-refractivity contribution in [1.82, 2.24) is 4.90 Å². The molecule has 1 aliphatic rings. The molecule has 0 saturated carbocycles. The van der Waals surface area contributed by atoms with Crippen LogP contribution in [-0.2, 0) is 11.4 Å². The average Bonchev–Trinajstić information content (AvgIpc) is 2.97. The maximum absolute atomic E-state index is 12.6. The van der Waals surface area contributed by atoms with Crippen LogP contribution in [0.1, 0.15) is 25.0 Å². The Labute approximate surface area is 203 Å². The molecule has 0 N–H and O–H groups in total. The molecule has 1 amide bonds. The van der Waals surface area contributed by atoms with Crippen LogP contribution in [0.4, 0.5) is 0 Å². The number of thioether (sulfide) groups is 1. The van der Waals surface area contributed by atoms with Gasteiger partial charge in [-0.15, -0.1) is 0 Å². The normalized spacial score (nSPS) is 16.7. The molecule has 1 fully saturated rings. The third-order valence-electron chi connectivity index (χ3n) is 4.20. The number of rotatable bonds is 6. The maximum atomic E-state index is 12.6. The maximum Gasteiger partial charge on any atom is 0.266 e. The Morgan fingerprint density at radius 2 is 1.93 bits per heavy atom. The SMILES string of the molecule is CCN=C1S/C(=C/c2cc(Cl)c(OCc3ccc(Cl)cc3Cl)c(Br)c2)C(=O)N1CC. The molecule has 0 radical (unpaired) electrons. The molecular weight excluding hydrogens is 531 g/mol. The Bertz CT molecular complexity index is 1020. The third-order valence-corrected chi connectivity index (χ3v) is 6.70. The minimum Gasteiger partial charge on any atom is -0.486 e. The molecule has 158 valence electrons. The predicted molar refractivity (Wildman–Crippen MR) is 131 cm³/mol. The molecule has 1 aliphatic heterocycles. The van der Waals surface area contributed by atoms with E-state index in [1.54, 1.807) is 23.1 Å². The summed E-state index contributed by atoms with van der Waals surface area (Å²) in [6, 6.07) is 8.85. The second-order valence-corrected chi connectivity index (χ2v) is 9.37. The monoisotopic (exact) mass is 546 g/mol. The number of hydrogen-bond donors (Lipinski definition) is 0. The van der Waals surface area contributed by atoms with E-state index in [-0.39, 0.29) is 12.5 Å². The van der Waals surface area contributed by atoms with Crippen molar-refractivity contribution in [3.05, 3.63) is 65.9 Å². The van der Waals surface area contributed by atoms with Crippen LogP contribution in [0.2, 0.25) is 15.1 Å². The smallest absolute Gasteiger partial charge is 0.266 e. The van der Waals surface area contributed by atoms with Crippen molar-refractivity contribution in [2.75, 3.05) is 13.1 Å². The van der Waals surface area contributed by atoms with Crippen LogP contribution in [0.3, 0.4) is 0 Å². The summed E-state index contributed by atoms with van der Waals surface area (Å²) in [5.74, 6) is 0.443. The Hall–Kier alpha value is -1.18. The molecule has 3 rings (SSSR count). The molecule has 0 atom stereocenters. The van der Waals surface area contributed by atoms with Crippen molar-refractivity contribution < 1.29 is 9.53 Å². The molecule has 1 saturated heterocycles. The molecule has 0 unspecified atom stereocenters. The van der Waals surface area contributed by atoms with E-state index in [1.165, 1.54) is 11.8 Å². The van der Waals surface area contributed by atoms with Gasteiger partial charge < -0.3 is 4.74 Å². The number of amides is 1. The lowest BCUT2D eigenvalue weighted by molar-refractivity contribution is -0.122. The molecule has 30 heavy (non-hydrogen) atoms.